The number of thioether (sulfide) groups is 1. The first kappa shape index (κ1) is 14.6. The van der Waals surface area contributed by atoms with Crippen LogP contribution in [-0.2, 0) is 4.74 Å². The summed E-state index contributed by atoms with van der Waals surface area (Å²) in [7, 11) is 2.23. The van der Waals surface area contributed by atoms with Crippen molar-refractivity contribution in [3.05, 3.63) is 0 Å². The van der Waals surface area contributed by atoms with Crippen LogP contribution in [0.5, 0.6) is 0 Å². The average Bonchev–Trinajstić information content (AvgIpc) is 2.39. The Hall–Kier alpha value is 0.230. The minimum Gasteiger partial charge on any atom is -0.375 e. The normalized spacial score (nSPS) is 28.8. The summed E-state index contributed by atoms with van der Waals surface area (Å²) in [6, 6.07) is 0.625. The third-order valence-electron chi connectivity index (χ3n) is 4.87. The van der Waals surface area contributed by atoms with Gasteiger partial charge in [-0.15, -0.1) is 0 Å². The van der Waals surface area contributed by atoms with Crippen molar-refractivity contribution in [3.8, 4) is 0 Å². The lowest BCUT2D eigenvalue weighted by Crippen LogP contribution is -2.57. The molecule has 4 heteroatoms. The highest BCUT2D eigenvalue weighted by molar-refractivity contribution is 7.99. The standard InChI is InChI=1S/C14H28N2OS/c1-13(2,11-15)16(3)12-4-7-17-14(10-12)5-8-18-9-6-14/h12H,4-11,15H2,1-3H3. The molecular weight excluding hydrogens is 244 g/mol. The maximum atomic E-state index is 6.16. The largest absolute Gasteiger partial charge is 0.375 e. The Morgan fingerprint density at radius 3 is 2.67 bits per heavy atom. The Morgan fingerprint density at radius 2 is 2.06 bits per heavy atom. The van der Waals surface area contributed by atoms with E-state index in [1.54, 1.807) is 0 Å². The first-order valence-corrected chi connectivity index (χ1v) is 8.29. The van der Waals surface area contributed by atoms with E-state index in [1.165, 1.54) is 30.8 Å². The first-order chi connectivity index (χ1) is 8.49. The van der Waals surface area contributed by atoms with Crippen molar-refractivity contribution in [3.63, 3.8) is 0 Å². The van der Waals surface area contributed by atoms with E-state index in [0.717, 1.165) is 13.0 Å². The maximum Gasteiger partial charge on any atom is 0.0713 e. The fourth-order valence-electron chi connectivity index (χ4n) is 3.06. The Morgan fingerprint density at radius 1 is 1.39 bits per heavy atom. The zero-order valence-electron chi connectivity index (χ0n) is 12.1. The molecule has 1 unspecified atom stereocenters. The monoisotopic (exact) mass is 272 g/mol. The predicted molar refractivity (Wildman–Crippen MR) is 79.2 cm³/mol. The van der Waals surface area contributed by atoms with Gasteiger partial charge in [0.15, 0.2) is 0 Å². The molecule has 1 atom stereocenters. The number of hydrogen-bond donors (Lipinski definition) is 1. The fourth-order valence-corrected chi connectivity index (χ4v) is 4.30. The smallest absolute Gasteiger partial charge is 0.0713 e. The quantitative estimate of drug-likeness (QED) is 0.854. The van der Waals surface area contributed by atoms with Crippen LogP contribution >= 0.6 is 11.8 Å². The molecule has 2 N–H and O–H groups in total. The van der Waals surface area contributed by atoms with Crippen LogP contribution in [-0.4, -0.2) is 53.8 Å². The van der Waals surface area contributed by atoms with Crippen molar-refractivity contribution in [1.82, 2.24) is 4.90 Å². The van der Waals surface area contributed by atoms with Gasteiger partial charge < -0.3 is 10.5 Å². The predicted octanol–water partition coefficient (Wildman–Crippen LogP) is 2.10. The number of hydrogen-bond acceptors (Lipinski definition) is 4. The van der Waals surface area contributed by atoms with E-state index < -0.39 is 0 Å². The Labute approximate surface area is 116 Å². The van der Waals surface area contributed by atoms with E-state index in [2.05, 4.69) is 37.6 Å². The van der Waals surface area contributed by atoms with Crippen molar-refractivity contribution in [2.75, 3.05) is 31.7 Å². The van der Waals surface area contributed by atoms with Crippen LogP contribution in [0, 0.1) is 0 Å². The van der Waals surface area contributed by atoms with Crippen molar-refractivity contribution in [2.24, 2.45) is 5.73 Å². The van der Waals surface area contributed by atoms with Crippen molar-refractivity contribution in [2.45, 2.75) is 56.7 Å². The zero-order chi connectivity index (χ0) is 13.2. The van der Waals surface area contributed by atoms with Crippen LogP contribution in [0.2, 0.25) is 0 Å². The van der Waals surface area contributed by atoms with Crippen LogP contribution in [0.3, 0.4) is 0 Å². The molecule has 2 saturated heterocycles. The van der Waals surface area contributed by atoms with E-state index in [-0.39, 0.29) is 11.1 Å². The van der Waals surface area contributed by atoms with Crippen LogP contribution < -0.4 is 5.73 Å². The number of ether oxygens (including phenoxy) is 1. The van der Waals surface area contributed by atoms with Gasteiger partial charge in [0, 0.05) is 24.7 Å². The number of likely N-dealkylation sites (N-methyl/N-ethyl adjacent to an activating group) is 1. The van der Waals surface area contributed by atoms with E-state index in [1.807, 2.05) is 0 Å². The molecule has 2 aliphatic rings. The molecule has 0 bridgehead atoms. The third-order valence-corrected chi connectivity index (χ3v) is 5.86. The van der Waals surface area contributed by atoms with Crippen molar-refractivity contribution in [1.29, 1.82) is 0 Å². The highest BCUT2D eigenvalue weighted by Gasteiger charge is 2.41. The Bertz CT molecular complexity index is 271. The van der Waals surface area contributed by atoms with Crippen molar-refractivity contribution < 1.29 is 4.74 Å². The average molecular weight is 272 g/mol. The second-order valence-electron chi connectivity index (χ2n) is 6.42. The maximum absolute atomic E-state index is 6.16. The molecule has 2 heterocycles. The summed E-state index contributed by atoms with van der Waals surface area (Å²) in [5, 5.41) is 0. The lowest BCUT2D eigenvalue weighted by atomic mass is 9.83. The first-order valence-electron chi connectivity index (χ1n) is 7.14. The fraction of sp³-hybridized carbons (Fsp3) is 1.00. The van der Waals surface area contributed by atoms with Gasteiger partial charge in [-0.25, -0.2) is 0 Å². The van der Waals surface area contributed by atoms with Gasteiger partial charge in [-0.05, 0) is 58.1 Å². The summed E-state index contributed by atoms with van der Waals surface area (Å²) in [5.41, 5.74) is 6.17. The lowest BCUT2D eigenvalue weighted by Gasteiger charge is -2.49. The molecule has 0 saturated carbocycles. The van der Waals surface area contributed by atoms with Crippen LogP contribution in [0.1, 0.15) is 39.5 Å². The van der Waals surface area contributed by atoms with Gasteiger partial charge in [-0.3, -0.25) is 4.90 Å². The lowest BCUT2D eigenvalue weighted by molar-refractivity contribution is -0.116. The van der Waals surface area contributed by atoms with Crippen LogP contribution in [0.15, 0.2) is 0 Å². The molecule has 18 heavy (non-hydrogen) atoms. The number of nitrogens with two attached hydrogens (primary N) is 1. The highest BCUT2D eigenvalue weighted by Crippen LogP contribution is 2.39. The minimum atomic E-state index is 0.0899. The van der Waals surface area contributed by atoms with Crippen LogP contribution in [0.25, 0.3) is 0 Å². The van der Waals surface area contributed by atoms with Crippen LogP contribution in [0.4, 0.5) is 0 Å². The van der Waals surface area contributed by atoms with Gasteiger partial charge in [-0.1, -0.05) is 0 Å². The third kappa shape index (κ3) is 3.03. The summed E-state index contributed by atoms with van der Waals surface area (Å²) < 4.78 is 6.16. The SMILES string of the molecule is CN(C1CCOC2(CCSCC2)C1)C(C)(C)CN. The summed E-state index contributed by atoms with van der Waals surface area (Å²) in [5.74, 6) is 2.52. The topological polar surface area (TPSA) is 38.5 Å². The molecule has 2 aliphatic heterocycles. The molecule has 0 radical (unpaired) electrons. The molecular formula is C14H28N2OS. The van der Waals surface area contributed by atoms with E-state index in [4.69, 9.17) is 10.5 Å². The molecule has 0 aromatic rings. The molecule has 2 rings (SSSR count). The Kier molecular flexibility index (Phi) is 4.63. The number of nitrogens with zero attached hydrogens (tertiary/aromatic N) is 1. The number of rotatable bonds is 3. The van der Waals surface area contributed by atoms with Crippen molar-refractivity contribution >= 4 is 11.8 Å². The van der Waals surface area contributed by atoms with E-state index in [9.17, 15) is 0 Å². The van der Waals surface area contributed by atoms with Gasteiger partial charge >= 0.3 is 0 Å². The molecule has 2 fully saturated rings. The molecule has 3 nitrogen and oxygen atoms in total. The van der Waals surface area contributed by atoms with Gasteiger partial charge in [-0.2, -0.15) is 11.8 Å². The molecule has 0 aromatic heterocycles. The second kappa shape index (κ2) is 5.70. The summed E-state index contributed by atoms with van der Waals surface area (Å²) >= 11 is 2.07. The molecule has 0 aliphatic carbocycles. The molecule has 106 valence electrons. The summed E-state index contributed by atoms with van der Waals surface area (Å²) in [4.78, 5) is 2.49. The molecule has 0 aromatic carbocycles. The van der Waals surface area contributed by atoms with Gasteiger partial charge in [0.05, 0.1) is 5.60 Å². The molecule has 0 amide bonds. The van der Waals surface area contributed by atoms with E-state index in [0.29, 0.717) is 12.6 Å². The van der Waals surface area contributed by atoms with Gasteiger partial charge in [0.2, 0.25) is 0 Å². The summed E-state index contributed by atoms with van der Waals surface area (Å²) in [6.45, 7) is 6.11. The summed E-state index contributed by atoms with van der Waals surface area (Å²) in [6.07, 6.45) is 4.79. The van der Waals surface area contributed by atoms with E-state index >= 15 is 0 Å². The second-order valence-corrected chi connectivity index (χ2v) is 7.64. The minimum absolute atomic E-state index is 0.0899. The zero-order valence-corrected chi connectivity index (χ0v) is 12.9. The molecule has 1 spiro atoms. The Balaban J connectivity index is 2.02. The van der Waals surface area contributed by atoms with Gasteiger partial charge in [0.25, 0.3) is 0 Å². The highest BCUT2D eigenvalue weighted by atomic mass is 32.2. The van der Waals surface area contributed by atoms with Gasteiger partial charge in [0.1, 0.15) is 0 Å².